The van der Waals surface area contributed by atoms with Crippen LogP contribution in [0.15, 0.2) is 36.5 Å². The SMILES string of the molecule is CCc1ccnc(C(C)C)c1N1C(=O)CC(=O)c2cc(Cl)c(-c3c(F)cccc3OC)c(F)c21. The highest BCUT2D eigenvalue weighted by Crippen LogP contribution is 2.48. The summed E-state index contributed by atoms with van der Waals surface area (Å²) in [5.74, 6) is -2.89. The number of halogens is 3. The molecule has 2 aromatic carbocycles. The van der Waals surface area contributed by atoms with E-state index in [1.807, 2.05) is 20.8 Å². The van der Waals surface area contributed by atoms with Crippen LogP contribution in [-0.2, 0) is 11.2 Å². The standard InChI is InChI=1S/C26H23ClF2N2O3/c1-5-14-9-10-30-24(13(2)3)25(14)31-20(33)12-18(32)15-11-16(27)21(23(29)26(15)31)22-17(28)7-6-8-19(22)34-4/h6-11,13H,5,12H2,1-4H3. The van der Waals surface area contributed by atoms with E-state index >= 15 is 4.39 Å². The van der Waals surface area contributed by atoms with Crippen LogP contribution in [-0.4, -0.2) is 23.8 Å². The summed E-state index contributed by atoms with van der Waals surface area (Å²) in [5.41, 5.74) is 1.03. The van der Waals surface area contributed by atoms with Gasteiger partial charge in [-0.15, -0.1) is 0 Å². The molecule has 0 atom stereocenters. The highest BCUT2D eigenvalue weighted by Gasteiger charge is 2.38. The molecule has 1 aliphatic rings. The molecule has 34 heavy (non-hydrogen) atoms. The van der Waals surface area contributed by atoms with E-state index in [-0.39, 0.29) is 39.1 Å². The van der Waals surface area contributed by atoms with Gasteiger partial charge < -0.3 is 4.74 Å². The van der Waals surface area contributed by atoms with Crippen LogP contribution in [0.5, 0.6) is 5.75 Å². The first kappa shape index (κ1) is 23.8. The Morgan fingerprint density at radius 2 is 1.88 bits per heavy atom. The number of rotatable bonds is 5. The van der Waals surface area contributed by atoms with Crippen molar-refractivity contribution in [3.05, 3.63) is 70.0 Å². The van der Waals surface area contributed by atoms with Gasteiger partial charge in [-0.25, -0.2) is 8.78 Å². The third-order valence-corrected chi connectivity index (χ3v) is 6.21. The molecule has 5 nitrogen and oxygen atoms in total. The Bertz CT molecular complexity index is 1320. The molecule has 1 aromatic heterocycles. The first-order valence-electron chi connectivity index (χ1n) is 10.9. The molecule has 0 bridgehead atoms. The second-order valence-corrected chi connectivity index (χ2v) is 8.71. The summed E-state index contributed by atoms with van der Waals surface area (Å²) in [6, 6.07) is 7.13. The average Bonchev–Trinajstić information content (AvgIpc) is 2.80. The Balaban J connectivity index is 2.11. The molecule has 0 unspecified atom stereocenters. The van der Waals surface area contributed by atoms with Gasteiger partial charge in [-0.2, -0.15) is 0 Å². The lowest BCUT2D eigenvalue weighted by atomic mass is 9.92. The Morgan fingerprint density at radius 1 is 1.15 bits per heavy atom. The quantitative estimate of drug-likeness (QED) is 0.381. The van der Waals surface area contributed by atoms with E-state index in [0.717, 1.165) is 11.6 Å². The maximum Gasteiger partial charge on any atom is 0.239 e. The summed E-state index contributed by atoms with van der Waals surface area (Å²) in [7, 11) is 1.33. The van der Waals surface area contributed by atoms with Crippen molar-refractivity contribution in [2.24, 2.45) is 0 Å². The summed E-state index contributed by atoms with van der Waals surface area (Å²) >= 11 is 6.41. The second-order valence-electron chi connectivity index (χ2n) is 8.30. The van der Waals surface area contributed by atoms with Crippen molar-refractivity contribution in [2.45, 2.75) is 39.5 Å². The van der Waals surface area contributed by atoms with E-state index in [1.165, 1.54) is 30.2 Å². The van der Waals surface area contributed by atoms with Gasteiger partial charge in [0.05, 0.1) is 41.2 Å². The van der Waals surface area contributed by atoms with Crippen LogP contribution in [0.3, 0.4) is 0 Å². The van der Waals surface area contributed by atoms with Crippen molar-refractivity contribution in [1.82, 2.24) is 4.98 Å². The number of hydrogen-bond donors (Lipinski definition) is 0. The number of methoxy groups -OCH3 is 1. The van der Waals surface area contributed by atoms with Crippen LogP contribution in [0, 0.1) is 11.6 Å². The van der Waals surface area contributed by atoms with Crippen LogP contribution in [0.1, 0.15) is 54.7 Å². The third-order valence-electron chi connectivity index (χ3n) is 5.91. The minimum absolute atomic E-state index is 0.0400. The number of carbonyl (C=O) groups excluding carboxylic acids is 2. The number of hydrogen-bond acceptors (Lipinski definition) is 4. The highest BCUT2D eigenvalue weighted by atomic mass is 35.5. The van der Waals surface area contributed by atoms with Gasteiger partial charge in [-0.1, -0.05) is 38.4 Å². The van der Waals surface area contributed by atoms with Gasteiger partial charge >= 0.3 is 0 Å². The summed E-state index contributed by atoms with van der Waals surface area (Å²) in [6.45, 7) is 5.75. The van der Waals surface area contributed by atoms with Gasteiger partial charge in [0.1, 0.15) is 11.6 Å². The van der Waals surface area contributed by atoms with Gasteiger partial charge in [0, 0.05) is 17.3 Å². The number of ketones is 1. The predicted molar refractivity (Wildman–Crippen MR) is 127 cm³/mol. The molecule has 0 spiro atoms. The van der Waals surface area contributed by atoms with E-state index in [0.29, 0.717) is 17.8 Å². The Hall–Kier alpha value is -3.32. The summed E-state index contributed by atoms with van der Waals surface area (Å²) in [5, 5.41) is -0.159. The van der Waals surface area contributed by atoms with Gasteiger partial charge in [-0.05, 0) is 42.2 Å². The molecule has 3 aromatic rings. The van der Waals surface area contributed by atoms with Crippen molar-refractivity contribution < 1.29 is 23.1 Å². The fraction of sp³-hybridized carbons (Fsp3) is 0.269. The molecule has 176 valence electrons. The molecule has 0 aliphatic carbocycles. The topological polar surface area (TPSA) is 59.5 Å². The monoisotopic (exact) mass is 484 g/mol. The molecule has 0 saturated heterocycles. The van der Waals surface area contributed by atoms with Crippen molar-refractivity contribution in [2.75, 3.05) is 12.0 Å². The number of fused-ring (bicyclic) bond motifs is 1. The van der Waals surface area contributed by atoms with Crippen LogP contribution in [0.4, 0.5) is 20.2 Å². The molecule has 4 rings (SSSR count). The zero-order valence-electron chi connectivity index (χ0n) is 19.2. The molecule has 1 amide bonds. The number of pyridine rings is 1. The zero-order valence-corrected chi connectivity index (χ0v) is 20.0. The molecule has 0 saturated carbocycles. The summed E-state index contributed by atoms with van der Waals surface area (Å²) in [6.07, 6.45) is 1.75. The lowest BCUT2D eigenvalue weighted by Crippen LogP contribution is -2.36. The van der Waals surface area contributed by atoms with E-state index in [1.54, 1.807) is 12.3 Å². The normalized spacial score (nSPS) is 13.5. The van der Waals surface area contributed by atoms with E-state index in [9.17, 15) is 14.0 Å². The van der Waals surface area contributed by atoms with Crippen LogP contribution >= 0.6 is 11.6 Å². The van der Waals surface area contributed by atoms with Gasteiger partial charge in [0.15, 0.2) is 11.6 Å². The maximum absolute atomic E-state index is 16.4. The number of aryl methyl sites for hydroxylation is 1. The Labute approximate surface area is 201 Å². The minimum Gasteiger partial charge on any atom is -0.496 e. The van der Waals surface area contributed by atoms with Crippen LogP contribution in [0.2, 0.25) is 5.02 Å². The first-order valence-corrected chi connectivity index (χ1v) is 11.3. The van der Waals surface area contributed by atoms with Crippen LogP contribution in [0.25, 0.3) is 11.1 Å². The summed E-state index contributed by atoms with van der Waals surface area (Å²) < 4.78 is 36.5. The number of anilines is 2. The Morgan fingerprint density at radius 3 is 2.53 bits per heavy atom. The lowest BCUT2D eigenvalue weighted by Gasteiger charge is -2.33. The first-order chi connectivity index (χ1) is 16.2. The second kappa shape index (κ2) is 9.14. The molecular formula is C26H23ClF2N2O3. The number of benzene rings is 2. The van der Waals surface area contributed by atoms with Crippen molar-refractivity contribution in [3.63, 3.8) is 0 Å². The number of aromatic nitrogens is 1. The smallest absolute Gasteiger partial charge is 0.239 e. The predicted octanol–water partition coefficient (Wildman–Crippen LogP) is 6.63. The van der Waals surface area contributed by atoms with Crippen molar-refractivity contribution in [1.29, 1.82) is 0 Å². The highest BCUT2D eigenvalue weighted by molar-refractivity contribution is 6.35. The molecule has 8 heteroatoms. The van der Waals surface area contributed by atoms with E-state index in [2.05, 4.69) is 4.98 Å². The number of amides is 1. The van der Waals surface area contributed by atoms with Crippen molar-refractivity contribution in [3.8, 4) is 16.9 Å². The van der Waals surface area contributed by atoms with E-state index < -0.39 is 29.7 Å². The number of ether oxygens (including phenoxy) is 1. The molecule has 0 radical (unpaired) electrons. The third kappa shape index (κ3) is 3.74. The minimum atomic E-state index is -0.979. The fourth-order valence-electron chi connectivity index (χ4n) is 4.34. The Kier molecular flexibility index (Phi) is 6.41. The largest absolute Gasteiger partial charge is 0.496 e. The molecule has 0 N–H and O–H groups in total. The fourth-order valence-corrected chi connectivity index (χ4v) is 4.62. The molecule has 1 aliphatic heterocycles. The van der Waals surface area contributed by atoms with Gasteiger partial charge in [0.2, 0.25) is 5.91 Å². The molecule has 0 fully saturated rings. The molecular weight excluding hydrogens is 462 g/mol. The number of carbonyl (C=O) groups is 2. The van der Waals surface area contributed by atoms with Gasteiger partial charge in [0.25, 0.3) is 0 Å². The van der Waals surface area contributed by atoms with Crippen molar-refractivity contribution >= 4 is 34.7 Å². The lowest BCUT2D eigenvalue weighted by molar-refractivity contribution is -0.117. The zero-order chi connectivity index (χ0) is 24.7. The number of Topliss-reactive ketones (excluding diaryl/α,β-unsaturated/α-hetero) is 1. The van der Waals surface area contributed by atoms with Crippen LogP contribution < -0.4 is 9.64 Å². The maximum atomic E-state index is 16.4. The van der Waals surface area contributed by atoms with E-state index in [4.69, 9.17) is 16.3 Å². The molecule has 2 heterocycles. The number of nitrogens with zero attached hydrogens (tertiary/aromatic N) is 2. The van der Waals surface area contributed by atoms with Gasteiger partial charge in [-0.3, -0.25) is 19.5 Å². The average molecular weight is 485 g/mol. The summed E-state index contributed by atoms with van der Waals surface area (Å²) in [4.78, 5) is 31.7.